The molecule has 0 aliphatic rings. The molecule has 0 aromatic heterocycles. The number of amides is 1. The van der Waals surface area contributed by atoms with E-state index in [-0.39, 0.29) is 5.56 Å². The van der Waals surface area contributed by atoms with Gasteiger partial charge in [-0.15, -0.1) is 0 Å². The van der Waals surface area contributed by atoms with Crippen LogP contribution >= 0.6 is 11.6 Å². The lowest BCUT2D eigenvalue weighted by Crippen LogP contribution is -2.26. The molecule has 0 radical (unpaired) electrons. The molecule has 0 spiro atoms. The van der Waals surface area contributed by atoms with Gasteiger partial charge in [-0.05, 0) is 24.6 Å². The third-order valence-electron chi connectivity index (χ3n) is 1.98. The van der Waals surface area contributed by atoms with Gasteiger partial charge in [0.15, 0.2) is 0 Å². The molecule has 0 aliphatic heterocycles. The quantitative estimate of drug-likeness (QED) is 0.808. The molecule has 0 saturated carbocycles. The van der Waals surface area contributed by atoms with E-state index in [1.54, 1.807) is 7.11 Å². The average Bonchev–Trinajstić information content (AvgIpc) is 2.27. The number of nitrogens with one attached hydrogen (secondary N) is 1. The van der Waals surface area contributed by atoms with Crippen LogP contribution in [0.3, 0.4) is 0 Å². The van der Waals surface area contributed by atoms with Crippen LogP contribution in [-0.4, -0.2) is 26.2 Å². The topological polar surface area (TPSA) is 38.3 Å². The fraction of sp³-hybridized carbons (Fsp3) is 0.364. The van der Waals surface area contributed by atoms with Gasteiger partial charge in [0, 0.05) is 25.3 Å². The first-order chi connectivity index (χ1) is 7.65. The van der Waals surface area contributed by atoms with Crippen LogP contribution in [-0.2, 0) is 4.74 Å². The first-order valence-corrected chi connectivity index (χ1v) is 5.25. The Kier molecular flexibility index (Phi) is 5.22. The predicted molar refractivity (Wildman–Crippen MR) is 60.2 cm³/mol. The van der Waals surface area contributed by atoms with Gasteiger partial charge in [0.1, 0.15) is 5.82 Å². The molecule has 1 aromatic rings. The Bertz CT molecular complexity index is 371. The van der Waals surface area contributed by atoms with Crippen LogP contribution in [0, 0.1) is 5.82 Å². The lowest BCUT2D eigenvalue weighted by Gasteiger charge is -2.06. The Hall–Kier alpha value is -1.13. The standard InChI is InChI=1S/C11H13ClFNO2/c1-16-6-2-5-14-11(15)9-7-8(12)3-4-10(9)13/h3-4,7H,2,5-6H2,1H3,(H,14,15). The molecule has 0 fully saturated rings. The maximum Gasteiger partial charge on any atom is 0.254 e. The van der Waals surface area contributed by atoms with Gasteiger partial charge in [-0.25, -0.2) is 4.39 Å². The van der Waals surface area contributed by atoms with Crippen LogP contribution in [0.15, 0.2) is 18.2 Å². The summed E-state index contributed by atoms with van der Waals surface area (Å²) in [6.45, 7) is 0.997. The summed E-state index contributed by atoms with van der Waals surface area (Å²) in [4.78, 5) is 11.5. The van der Waals surface area contributed by atoms with E-state index in [2.05, 4.69) is 5.32 Å². The van der Waals surface area contributed by atoms with E-state index in [4.69, 9.17) is 16.3 Å². The van der Waals surface area contributed by atoms with Gasteiger partial charge in [0.2, 0.25) is 0 Å². The van der Waals surface area contributed by atoms with Crippen molar-refractivity contribution in [2.45, 2.75) is 6.42 Å². The van der Waals surface area contributed by atoms with E-state index in [0.717, 1.165) is 0 Å². The Balaban J connectivity index is 2.55. The largest absolute Gasteiger partial charge is 0.385 e. The lowest BCUT2D eigenvalue weighted by atomic mass is 10.2. The SMILES string of the molecule is COCCCNC(=O)c1cc(Cl)ccc1F. The van der Waals surface area contributed by atoms with Crippen LogP contribution in [0.25, 0.3) is 0 Å². The normalized spacial score (nSPS) is 10.2. The van der Waals surface area contributed by atoms with Gasteiger partial charge in [-0.1, -0.05) is 11.6 Å². The maximum absolute atomic E-state index is 13.3. The zero-order valence-electron chi connectivity index (χ0n) is 8.93. The molecular formula is C11H13ClFNO2. The van der Waals surface area contributed by atoms with Gasteiger partial charge in [0.05, 0.1) is 5.56 Å². The van der Waals surface area contributed by atoms with E-state index in [9.17, 15) is 9.18 Å². The van der Waals surface area contributed by atoms with Gasteiger partial charge in [-0.2, -0.15) is 0 Å². The summed E-state index contributed by atoms with van der Waals surface area (Å²) in [5.41, 5.74) is -0.0371. The van der Waals surface area contributed by atoms with Crippen molar-refractivity contribution >= 4 is 17.5 Å². The minimum absolute atomic E-state index is 0.0371. The third kappa shape index (κ3) is 3.79. The highest BCUT2D eigenvalue weighted by Crippen LogP contribution is 2.14. The van der Waals surface area contributed by atoms with E-state index < -0.39 is 11.7 Å². The molecule has 0 saturated heterocycles. The van der Waals surface area contributed by atoms with E-state index in [0.29, 0.717) is 24.6 Å². The highest BCUT2D eigenvalue weighted by molar-refractivity contribution is 6.30. The van der Waals surface area contributed by atoms with Gasteiger partial charge >= 0.3 is 0 Å². The van der Waals surface area contributed by atoms with Crippen LogP contribution < -0.4 is 5.32 Å². The minimum atomic E-state index is -0.575. The first kappa shape index (κ1) is 12.9. The molecule has 5 heteroatoms. The van der Waals surface area contributed by atoms with Gasteiger partial charge in [0.25, 0.3) is 5.91 Å². The second kappa shape index (κ2) is 6.45. The molecule has 0 atom stereocenters. The van der Waals surface area contributed by atoms with Crippen molar-refractivity contribution in [2.75, 3.05) is 20.3 Å². The Morgan fingerprint density at radius 1 is 1.56 bits per heavy atom. The fourth-order valence-electron chi connectivity index (χ4n) is 1.19. The minimum Gasteiger partial charge on any atom is -0.385 e. The number of hydrogen-bond donors (Lipinski definition) is 1. The molecule has 1 amide bonds. The number of carbonyl (C=O) groups excluding carboxylic acids is 1. The van der Waals surface area contributed by atoms with E-state index in [1.807, 2.05) is 0 Å². The lowest BCUT2D eigenvalue weighted by molar-refractivity contribution is 0.0944. The number of halogens is 2. The number of hydrogen-bond acceptors (Lipinski definition) is 2. The van der Waals surface area contributed by atoms with Crippen LogP contribution in [0.1, 0.15) is 16.8 Å². The summed E-state index contributed by atoms with van der Waals surface area (Å²) in [7, 11) is 1.58. The van der Waals surface area contributed by atoms with Crippen molar-refractivity contribution in [1.29, 1.82) is 0 Å². The number of rotatable bonds is 5. The molecule has 1 N–H and O–H groups in total. The van der Waals surface area contributed by atoms with E-state index >= 15 is 0 Å². The molecule has 0 aliphatic carbocycles. The van der Waals surface area contributed by atoms with Crippen LogP contribution in [0.5, 0.6) is 0 Å². The number of benzene rings is 1. The van der Waals surface area contributed by atoms with Crippen molar-refractivity contribution in [3.8, 4) is 0 Å². The zero-order chi connectivity index (χ0) is 12.0. The summed E-state index contributed by atoms with van der Waals surface area (Å²) in [6, 6.07) is 3.88. The molecule has 1 aromatic carbocycles. The van der Waals surface area contributed by atoms with Crippen molar-refractivity contribution < 1.29 is 13.9 Å². The Morgan fingerprint density at radius 3 is 3.00 bits per heavy atom. The van der Waals surface area contributed by atoms with Crippen molar-refractivity contribution in [1.82, 2.24) is 5.32 Å². The van der Waals surface area contributed by atoms with Crippen molar-refractivity contribution in [3.63, 3.8) is 0 Å². The summed E-state index contributed by atoms with van der Waals surface area (Å²) in [6.07, 6.45) is 0.685. The molecule has 16 heavy (non-hydrogen) atoms. The zero-order valence-corrected chi connectivity index (χ0v) is 9.68. The molecule has 0 heterocycles. The molecule has 88 valence electrons. The van der Waals surface area contributed by atoms with Crippen molar-refractivity contribution in [3.05, 3.63) is 34.6 Å². The third-order valence-corrected chi connectivity index (χ3v) is 2.22. The van der Waals surface area contributed by atoms with E-state index in [1.165, 1.54) is 18.2 Å². The monoisotopic (exact) mass is 245 g/mol. The summed E-state index contributed by atoms with van der Waals surface area (Å²) >= 11 is 5.68. The Morgan fingerprint density at radius 2 is 2.31 bits per heavy atom. The predicted octanol–water partition coefficient (Wildman–Crippen LogP) is 2.25. The summed E-state index contributed by atoms with van der Waals surface area (Å²) in [5.74, 6) is -1.04. The molecule has 1 rings (SSSR count). The van der Waals surface area contributed by atoms with Gasteiger partial charge in [-0.3, -0.25) is 4.79 Å². The molecular weight excluding hydrogens is 233 g/mol. The first-order valence-electron chi connectivity index (χ1n) is 4.87. The smallest absolute Gasteiger partial charge is 0.254 e. The van der Waals surface area contributed by atoms with Crippen molar-refractivity contribution in [2.24, 2.45) is 0 Å². The molecule has 3 nitrogen and oxygen atoms in total. The van der Waals surface area contributed by atoms with Gasteiger partial charge < -0.3 is 10.1 Å². The highest BCUT2D eigenvalue weighted by atomic mass is 35.5. The number of methoxy groups -OCH3 is 1. The molecule has 0 unspecified atom stereocenters. The maximum atomic E-state index is 13.3. The molecule has 0 bridgehead atoms. The second-order valence-corrected chi connectivity index (χ2v) is 3.66. The fourth-order valence-corrected chi connectivity index (χ4v) is 1.36. The highest BCUT2D eigenvalue weighted by Gasteiger charge is 2.11. The van der Waals surface area contributed by atoms with Crippen LogP contribution in [0.4, 0.5) is 4.39 Å². The number of ether oxygens (including phenoxy) is 1. The average molecular weight is 246 g/mol. The summed E-state index contributed by atoms with van der Waals surface area (Å²) < 4.78 is 18.1. The number of carbonyl (C=O) groups is 1. The Labute approximate surface area is 98.5 Å². The second-order valence-electron chi connectivity index (χ2n) is 3.23. The summed E-state index contributed by atoms with van der Waals surface area (Å²) in [5, 5.41) is 2.92. The van der Waals surface area contributed by atoms with Crippen LogP contribution in [0.2, 0.25) is 5.02 Å².